The van der Waals surface area contributed by atoms with E-state index in [2.05, 4.69) is 74.4 Å². The molecule has 0 aliphatic heterocycles. The van der Waals surface area contributed by atoms with E-state index in [0.717, 1.165) is 0 Å². The van der Waals surface area contributed by atoms with Crippen LogP contribution in [-0.4, -0.2) is 62.3 Å². The lowest BCUT2D eigenvalue weighted by Crippen LogP contribution is -2.55. The molecule has 0 aliphatic rings. The summed E-state index contributed by atoms with van der Waals surface area (Å²) in [5, 5.41) is 5.07. The third-order valence-corrected chi connectivity index (χ3v) is 4.66. The summed E-state index contributed by atoms with van der Waals surface area (Å²) in [7, 11) is 1.57. The minimum atomic E-state index is -1.28. The van der Waals surface area contributed by atoms with Gasteiger partial charge in [0, 0.05) is 0 Å². The molecule has 0 aromatic carbocycles. The first-order chi connectivity index (χ1) is 12.3. The number of carbonyl (C=O) groups is 4. The number of ether oxygens (including phenoxy) is 2. The number of alkyl halides is 4. The average molecular weight is 658 g/mol. The van der Waals surface area contributed by atoms with Gasteiger partial charge in [-0.3, -0.25) is 9.59 Å². The van der Waals surface area contributed by atoms with Crippen molar-refractivity contribution in [1.29, 1.82) is 0 Å². The summed E-state index contributed by atoms with van der Waals surface area (Å²) in [5.41, 5.74) is -2.57. The zero-order valence-corrected chi connectivity index (χ0v) is 22.7. The van der Waals surface area contributed by atoms with Crippen LogP contribution in [0.1, 0.15) is 34.6 Å². The molecule has 0 unspecified atom stereocenters. The molecule has 0 aliphatic carbocycles. The van der Waals surface area contributed by atoms with Crippen molar-refractivity contribution in [1.82, 2.24) is 10.6 Å². The van der Waals surface area contributed by atoms with E-state index >= 15 is 0 Å². The predicted octanol–water partition coefficient (Wildman–Crippen LogP) is 1.45. The molecule has 0 saturated heterocycles. The van der Waals surface area contributed by atoms with E-state index in [9.17, 15) is 19.2 Å². The monoisotopic (exact) mass is 654 g/mol. The normalized spacial score (nSPS) is 12.8. The van der Waals surface area contributed by atoms with Crippen molar-refractivity contribution in [2.75, 3.05) is 13.2 Å². The van der Waals surface area contributed by atoms with Gasteiger partial charge in [-0.25, -0.2) is 9.59 Å². The molecule has 0 atom stereocenters. The van der Waals surface area contributed by atoms with E-state index in [1.807, 2.05) is 0 Å². The Hall–Kier alpha value is -0.135. The van der Waals surface area contributed by atoms with Gasteiger partial charge in [-0.1, -0.05) is 63.7 Å². The van der Waals surface area contributed by atoms with Gasteiger partial charge in [-0.15, -0.1) is 0 Å². The predicted molar refractivity (Wildman–Crippen MR) is 122 cm³/mol. The molecule has 0 radical (unpaired) electrons. The fourth-order valence-corrected chi connectivity index (χ4v) is 1.92. The number of carbonyl (C=O) groups excluding carboxylic acids is 4. The maximum absolute atomic E-state index is 12.1. The zero-order chi connectivity index (χ0) is 22.6. The van der Waals surface area contributed by atoms with Crippen molar-refractivity contribution in [2.24, 2.45) is 0 Å². The molecule has 13 heteroatoms. The fraction of sp³-hybridized carbons (Fsp3) is 0.733. The number of hydrogen-bond acceptors (Lipinski definition) is 6. The van der Waals surface area contributed by atoms with Crippen molar-refractivity contribution in [3.05, 3.63) is 0 Å². The lowest BCUT2D eigenvalue weighted by atomic mass is 10.0. The summed E-state index contributed by atoms with van der Waals surface area (Å²) in [6.07, 6.45) is 0. The van der Waals surface area contributed by atoms with Gasteiger partial charge in [-0.05, 0) is 34.6 Å². The van der Waals surface area contributed by atoms with Gasteiger partial charge in [-0.2, -0.15) is 0 Å². The van der Waals surface area contributed by atoms with Gasteiger partial charge >= 0.3 is 11.9 Å². The standard InChI is InChI=1S/C15H23BBr4N2O6/c1-12(2,21-8(23)14(5,17)18)10(25)27-6-7-28-11(26)13(3,4)22-9(24)15(16,19)20/h6-7,16H2,1-5H3,(H,21,23)(H,22,24). The topological polar surface area (TPSA) is 111 Å². The van der Waals surface area contributed by atoms with Crippen LogP contribution in [0.2, 0.25) is 0 Å². The van der Waals surface area contributed by atoms with Gasteiger partial charge in [0.15, 0.2) is 3.23 Å². The second-order valence-electron chi connectivity index (χ2n) is 7.21. The summed E-state index contributed by atoms with van der Waals surface area (Å²) in [4.78, 5) is 48.2. The van der Waals surface area contributed by atoms with Crippen LogP contribution in [0.15, 0.2) is 0 Å². The van der Waals surface area contributed by atoms with Crippen molar-refractivity contribution in [2.45, 2.75) is 52.1 Å². The molecule has 0 saturated carbocycles. The second-order valence-corrected chi connectivity index (χ2v) is 15.7. The highest BCUT2D eigenvalue weighted by Crippen LogP contribution is 2.26. The van der Waals surface area contributed by atoms with Crippen molar-refractivity contribution in [3.8, 4) is 0 Å². The van der Waals surface area contributed by atoms with Crippen LogP contribution in [0.4, 0.5) is 0 Å². The van der Waals surface area contributed by atoms with E-state index in [1.54, 1.807) is 14.8 Å². The lowest BCUT2D eigenvalue weighted by molar-refractivity contribution is -0.160. The van der Waals surface area contributed by atoms with E-state index in [4.69, 9.17) is 9.47 Å². The van der Waals surface area contributed by atoms with Crippen LogP contribution in [-0.2, 0) is 28.7 Å². The molecule has 0 bridgehead atoms. The Balaban J connectivity index is 4.54. The molecule has 0 rings (SSSR count). The van der Waals surface area contributed by atoms with Gasteiger partial charge < -0.3 is 20.1 Å². The molecular weight excluding hydrogens is 635 g/mol. The molecule has 2 N–H and O–H groups in total. The summed E-state index contributed by atoms with van der Waals surface area (Å²) < 4.78 is 8.06. The van der Waals surface area contributed by atoms with Gasteiger partial charge in [0.1, 0.15) is 35.3 Å². The summed E-state index contributed by atoms with van der Waals surface area (Å²) in [5.74, 6) is -2.29. The number of nitrogens with one attached hydrogen (secondary N) is 2. The highest BCUT2D eigenvalue weighted by atomic mass is 79.9. The first-order valence-corrected chi connectivity index (χ1v) is 11.2. The Labute approximate surface area is 198 Å². The van der Waals surface area contributed by atoms with Crippen LogP contribution < -0.4 is 10.6 Å². The minimum absolute atomic E-state index is 0.206. The molecule has 2 amide bonds. The highest BCUT2D eigenvalue weighted by Gasteiger charge is 2.38. The largest absolute Gasteiger partial charge is 0.460 e. The van der Waals surface area contributed by atoms with E-state index in [1.165, 1.54) is 27.7 Å². The van der Waals surface area contributed by atoms with Crippen molar-refractivity contribution in [3.63, 3.8) is 0 Å². The van der Waals surface area contributed by atoms with Crippen molar-refractivity contribution < 1.29 is 28.7 Å². The molecule has 0 aromatic rings. The second kappa shape index (κ2) is 10.3. The number of amides is 2. The average Bonchev–Trinajstić information content (AvgIpc) is 2.48. The Morgan fingerprint density at radius 2 is 1.07 bits per heavy atom. The Morgan fingerprint density at radius 3 is 1.36 bits per heavy atom. The maximum Gasteiger partial charge on any atom is 0.331 e. The minimum Gasteiger partial charge on any atom is -0.460 e. The Bertz CT molecular complexity index is 575. The van der Waals surface area contributed by atoms with Crippen LogP contribution in [0.25, 0.3) is 0 Å². The molecule has 0 spiro atoms. The SMILES string of the molecule is BC(Br)(Br)C(=O)NC(C)(C)C(=O)OCCOC(=O)C(C)(C)NC(=O)C(C)(Br)Br. The third-order valence-electron chi connectivity index (χ3n) is 3.22. The molecule has 0 aromatic heterocycles. The lowest BCUT2D eigenvalue weighted by Gasteiger charge is -2.28. The van der Waals surface area contributed by atoms with Crippen LogP contribution in [0.5, 0.6) is 0 Å². The Kier molecular flexibility index (Phi) is 10.2. The molecule has 8 nitrogen and oxygen atoms in total. The first-order valence-electron chi connectivity index (χ1n) is 8.06. The third kappa shape index (κ3) is 9.58. The van der Waals surface area contributed by atoms with Gasteiger partial charge in [0.05, 0.1) is 0 Å². The highest BCUT2D eigenvalue weighted by molar-refractivity contribution is 9.26. The number of rotatable bonds is 9. The molecule has 0 heterocycles. The van der Waals surface area contributed by atoms with E-state index < -0.39 is 41.2 Å². The van der Waals surface area contributed by atoms with Gasteiger partial charge in [0.2, 0.25) is 11.8 Å². The first kappa shape index (κ1) is 27.9. The van der Waals surface area contributed by atoms with Crippen molar-refractivity contribution >= 4 is 95.3 Å². The molecule has 28 heavy (non-hydrogen) atoms. The number of halogens is 4. The fourth-order valence-electron chi connectivity index (χ4n) is 1.52. The van der Waals surface area contributed by atoms with Gasteiger partial charge in [0.25, 0.3) is 0 Å². The van der Waals surface area contributed by atoms with Crippen LogP contribution in [0, 0.1) is 0 Å². The number of hydrogen-bond donors (Lipinski definition) is 2. The maximum atomic E-state index is 12.1. The quantitative estimate of drug-likeness (QED) is 0.168. The molecule has 160 valence electrons. The zero-order valence-electron chi connectivity index (χ0n) is 16.4. The van der Waals surface area contributed by atoms with E-state index in [0.29, 0.717) is 0 Å². The smallest absolute Gasteiger partial charge is 0.331 e. The van der Waals surface area contributed by atoms with E-state index in [-0.39, 0.29) is 13.2 Å². The summed E-state index contributed by atoms with van der Waals surface area (Å²) in [6, 6.07) is 0. The summed E-state index contributed by atoms with van der Waals surface area (Å²) >= 11 is 12.5. The summed E-state index contributed by atoms with van der Waals surface area (Å²) in [6.45, 7) is 7.10. The van der Waals surface area contributed by atoms with Crippen LogP contribution >= 0.6 is 63.7 Å². The van der Waals surface area contributed by atoms with Crippen LogP contribution in [0.3, 0.4) is 0 Å². The Morgan fingerprint density at radius 1 is 0.750 bits per heavy atom. The number of esters is 2. The molecule has 0 fully saturated rings. The molecular formula is C15H23BBr4N2O6.